The van der Waals surface area contributed by atoms with Crippen LogP contribution < -0.4 is 22.5 Å². The number of aryl methyl sites for hydroxylation is 2. The van der Waals surface area contributed by atoms with Crippen LogP contribution in [0.3, 0.4) is 0 Å². The van der Waals surface area contributed by atoms with Crippen molar-refractivity contribution >= 4 is 7.60 Å². The lowest BCUT2D eigenvalue weighted by Crippen LogP contribution is -2.40. The summed E-state index contributed by atoms with van der Waals surface area (Å²) in [6, 6.07) is 0. The molecule has 4 rings (SSSR count). The molecule has 2 aliphatic heterocycles. The van der Waals surface area contributed by atoms with Crippen LogP contribution in [-0.2, 0) is 30.1 Å². The van der Waals surface area contributed by atoms with E-state index in [1.165, 1.54) is 37.6 Å². The van der Waals surface area contributed by atoms with Gasteiger partial charge in [0.25, 0.3) is 11.1 Å². The quantitative estimate of drug-likeness (QED) is 0.332. The average Bonchev–Trinajstić information content (AvgIpc) is 3.43. The Bertz CT molecular complexity index is 1480. The third kappa shape index (κ3) is 5.69. The summed E-state index contributed by atoms with van der Waals surface area (Å²) in [5.41, 5.74) is -1.66. The number of hydrogen-bond acceptors (Lipinski definition) is 11. The van der Waals surface area contributed by atoms with Gasteiger partial charge in [-0.25, -0.2) is 9.59 Å². The van der Waals surface area contributed by atoms with Crippen LogP contribution in [0.25, 0.3) is 0 Å². The number of aliphatic hydroxyl groups is 2. The molecule has 0 spiro atoms. The molecule has 2 fully saturated rings. The molecule has 2 aliphatic rings. The van der Waals surface area contributed by atoms with E-state index in [-0.39, 0.29) is 25.0 Å². The molecule has 15 nitrogen and oxygen atoms in total. The predicted molar refractivity (Wildman–Crippen MR) is 131 cm³/mol. The summed E-state index contributed by atoms with van der Waals surface area (Å²) in [5, 5.41) is 20.2. The van der Waals surface area contributed by atoms with E-state index < -0.39 is 73.6 Å². The van der Waals surface area contributed by atoms with Gasteiger partial charge in [0.15, 0.2) is 0 Å². The molecule has 4 heterocycles. The predicted octanol–water partition coefficient (Wildman–Crippen LogP) is -1.13. The highest BCUT2D eigenvalue weighted by molar-refractivity contribution is 7.53. The average molecular weight is 558 g/mol. The van der Waals surface area contributed by atoms with Crippen LogP contribution in [0.5, 0.6) is 0 Å². The Morgan fingerprint density at radius 2 is 1.68 bits per heavy atom. The summed E-state index contributed by atoms with van der Waals surface area (Å²) in [6.07, 6.45) is -2.80. The molecule has 16 heteroatoms. The van der Waals surface area contributed by atoms with Gasteiger partial charge in [0.2, 0.25) is 0 Å². The third-order valence-electron chi connectivity index (χ3n) is 6.61. The number of hydrogen-bond donors (Lipinski definition) is 3. The number of aromatic amines is 1. The Hall–Kier alpha value is -2.65. The zero-order chi connectivity index (χ0) is 27.9. The van der Waals surface area contributed by atoms with Gasteiger partial charge in [-0.05, 0) is 13.8 Å². The molecular formula is C22H31N4O11P. The van der Waals surface area contributed by atoms with E-state index in [2.05, 4.69) is 4.98 Å². The van der Waals surface area contributed by atoms with Gasteiger partial charge < -0.3 is 28.7 Å². The summed E-state index contributed by atoms with van der Waals surface area (Å²) < 4.78 is 39.0. The largest absolute Gasteiger partial charge is 0.394 e. The SMILES string of the molecule is Cc1cn([C@H]2C[C@H](O[P@@](C)(=O)OC[C@H]3O[C@@H](n4cc(C)c(=O)n(C)c4=O)C[C@@H]3O)[C@@H](CO)O2)c(=O)[nH]c1=O. The van der Waals surface area contributed by atoms with E-state index in [1.54, 1.807) is 6.92 Å². The molecule has 2 saturated heterocycles. The first-order chi connectivity index (χ1) is 17.8. The summed E-state index contributed by atoms with van der Waals surface area (Å²) in [7, 11) is -2.44. The van der Waals surface area contributed by atoms with Crippen molar-refractivity contribution in [3.63, 3.8) is 0 Å². The third-order valence-corrected chi connectivity index (χ3v) is 7.89. The normalized spacial score (nSPS) is 29.0. The van der Waals surface area contributed by atoms with Crippen LogP contribution in [0.15, 0.2) is 31.6 Å². The molecule has 0 unspecified atom stereocenters. The van der Waals surface area contributed by atoms with Crippen LogP contribution in [0.1, 0.15) is 36.4 Å². The second kappa shape index (κ2) is 10.8. The maximum absolute atomic E-state index is 13.1. The summed E-state index contributed by atoms with van der Waals surface area (Å²) in [5.74, 6) is 0. The Morgan fingerprint density at radius 1 is 1.05 bits per heavy atom. The molecule has 0 saturated carbocycles. The lowest BCUT2D eigenvalue weighted by Gasteiger charge is -2.23. The number of H-pyrrole nitrogens is 1. The van der Waals surface area contributed by atoms with Gasteiger partial charge in [0.05, 0.1) is 25.4 Å². The van der Waals surface area contributed by atoms with Crippen molar-refractivity contribution in [2.75, 3.05) is 19.9 Å². The fourth-order valence-corrected chi connectivity index (χ4v) is 5.71. The number of nitrogens with one attached hydrogen (secondary N) is 1. The van der Waals surface area contributed by atoms with Crippen LogP contribution in [-0.4, -0.2) is 73.2 Å². The minimum absolute atomic E-state index is 0.0391. The summed E-state index contributed by atoms with van der Waals surface area (Å²) in [4.78, 5) is 50.5. The molecule has 0 radical (unpaired) electrons. The molecule has 7 atom stereocenters. The van der Waals surface area contributed by atoms with Crippen molar-refractivity contribution in [2.45, 2.75) is 63.6 Å². The number of aliphatic hydroxyl groups excluding tert-OH is 2. The second-order valence-corrected chi connectivity index (χ2v) is 11.5. The fourth-order valence-electron chi connectivity index (χ4n) is 4.52. The van der Waals surface area contributed by atoms with E-state index >= 15 is 0 Å². The zero-order valence-corrected chi connectivity index (χ0v) is 22.2. The minimum atomic E-state index is -3.78. The summed E-state index contributed by atoms with van der Waals surface area (Å²) in [6.45, 7) is 3.48. The van der Waals surface area contributed by atoms with Gasteiger partial charge in [-0.1, -0.05) is 0 Å². The Labute approximate surface area is 215 Å². The van der Waals surface area contributed by atoms with Crippen LogP contribution in [0, 0.1) is 13.8 Å². The molecule has 0 amide bonds. The molecule has 0 bridgehead atoms. The first-order valence-corrected chi connectivity index (χ1v) is 13.9. The van der Waals surface area contributed by atoms with E-state index in [4.69, 9.17) is 18.5 Å². The number of rotatable bonds is 8. The van der Waals surface area contributed by atoms with E-state index in [0.717, 1.165) is 9.13 Å². The number of aromatic nitrogens is 4. The zero-order valence-electron chi connectivity index (χ0n) is 21.3. The van der Waals surface area contributed by atoms with Crippen molar-refractivity contribution in [3.8, 4) is 0 Å². The van der Waals surface area contributed by atoms with Crippen molar-refractivity contribution in [3.05, 3.63) is 65.2 Å². The monoisotopic (exact) mass is 558 g/mol. The van der Waals surface area contributed by atoms with E-state index in [1.807, 2.05) is 0 Å². The van der Waals surface area contributed by atoms with E-state index in [0.29, 0.717) is 5.56 Å². The standard InChI is InChI=1S/C22H31N4O11P/c1-11-7-25(21(31)23-19(11)29)18-6-14(15(9-27)35-18)37-38(4,33)34-10-16-13(28)5-17(36-16)26-8-12(2)20(30)24(3)22(26)32/h7-8,13-18,27-28H,5-6,9-10H2,1-4H3,(H,23,29,31)/t13-,14-,15+,16+,17+,18+,38-/m0/s1. The van der Waals surface area contributed by atoms with Crippen molar-refractivity contribution in [1.29, 1.82) is 0 Å². The van der Waals surface area contributed by atoms with Gasteiger partial charge >= 0.3 is 19.0 Å². The first-order valence-electron chi connectivity index (χ1n) is 11.9. The Morgan fingerprint density at radius 3 is 2.37 bits per heavy atom. The Balaban J connectivity index is 1.40. The van der Waals surface area contributed by atoms with Crippen molar-refractivity contribution in [1.82, 2.24) is 18.7 Å². The topological polar surface area (TPSA) is 193 Å². The molecule has 210 valence electrons. The molecule has 0 aliphatic carbocycles. The molecule has 3 N–H and O–H groups in total. The van der Waals surface area contributed by atoms with Crippen molar-refractivity contribution in [2.24, 2.45) is 7.05 Å². The smallest absolute Gasteiger partial charge is 0.332 e. The van der Waals surface area contributed by atoms with Crippen LogP contribution >= 0.6 is 7.60 Å². The van der Waals surface area contributed by atoms with Gasteiger partial charge in [0, 0.05) is 50.1 Å². The highest BCUT2D eigenvalue weighted by Gasteiger charge is 2.42. The van der Waals surface area contributed by atoms with Gasteiger partial charge in [-0.15, -0.1) is 0 Å². The fraction of sp³-hybridized carbons (Fsp3) is 0.636. The number of nitrogens with zero attached hydrogens (tertiary/aromatic N) is 3. The van der Waals surface area contributed by atoms with Crippen LogP contribution in [0.2, 0.25) is 0 Å². The van der Waals surface area contributed by atoms with Gasteiger partial charge in [-0.3, -0.25) is 32.8 Å². The maximum atomic E-state index is 13.1. The van der Waals surface area contributed by atoms with Crippen molar-refractivity contribution < 1.29 is 33.3 Å². The molecule has 2 aromatic rings. The summed E-state index contributed by atoms with van der Waals surface area (Å²) >= 11 is 0. The molecular weight excluding hydrogens is 527 g/mol. The maximum Gasteiger partial charge on any atom is 0.332 e. The Kier molecular flexibility index (Phi) is 8.09. The highest BCUT2D eigenvalue weighted by Crippen LogP contribution is 2.49. The molecule has 38 heavy (non-hydrogen) atoms. The molecule has 0 aromatic carbocycles. The van der Waals surface area contributed by atoms with Gasteiger partial charge in [-0.2, -0.15) is 0 Å². The van der Waals surface area contributed by atoms with Gasteiger partial charge in [0.1, 0.15) is 24.7 Å². The van der Waals surface area contributed by atoms with Crippen LogP contribution in [0.4, 0.5) is 0 Å². The lowest BCUT2D eigenvalue weighted by molar-refractivity contribution is -0.0523. The minimum Gasteiger partial charge on any atom is -0.394 e. The highest BCUT2D eigenvalue weighted by atomic mass is 31.2. The number of ether oxygens (including phenoxy) is 2. The second-order valence-electron chi connectivity index (χ2n) is 9.54. The first kappa shape index (κ1) is 28.4. The van der Waals surface area contributed by atoms with E-state index in [9.17, 15) is 34.0 Å². The molecule has 2 aromatic heterocycles. The lowest BCUT2D eigenvalue weighted by atomic mass is 10.2.